The molecule has 4 rings (SSSR count). The maximum Gasteiger partial charge on any atom is 0.375 e. The number of halogens is 1. The zero-order valence-corrected chi connectivity index (χ0v) is 16.9. The molecule has 0 atom stereocenters. The molecule has 2 amide bonds. The molecule has 1 fully saturated rings. The van der Waals surface area contributed by atoms with Crippen LogP contribution in [0.2, 0.25) is 5.02 Å². The molecule has 1 saturated carbocycles. The van der Waals surface area contributed by atoms with Gasteiger partial charge >= 0.3 is 5.97 Å². The topological polar surface area (TPSA) is 97.6 Å². The molecular formula is C22H19ClN2O5. The first-order chi connectivity index (χ1) is 14.4. The second kappa shape index (κ2) is 8.20. The van der Waals surface area contributed by atoms with Gasteiger partial charge in [0.15, 0.2) is 12.2 Å². The van der Waals surface area contributed by atoms with Gasteiger partial charge < -0.3 is 19.8 Å². The minimum atomic E-state index is -0.769. The molecule has 2 N–H and O–H groups in total. The quantitative estimate of drug-likeness (QED) is 0.579. The summed E-state index contributed by atoms with van der Waals surface area (Å²) in [5.74, 6) is -1.59. The van der Waals surface area contributed by atoms with Gasteiger partial charge in [0.25, 0.3) is 11.8 Å². The Morgan fingerprint density at radius 2 is 1.90 bits per heavy atom. The monoisotopic (exact) mass is 426 g/mol. The molecule has 2 aromatic carbocycles. The molecule has 1 aromatic heterocycles. The predicted molar refractivity (Wildman–Crippen MR) is 112 cm³/mol. The highest BCUT2D eigenvalue weighted by Gasteiger charge is 2.25. The van der Waals surface area contributed by atoms with Crippen LogP contribution in [0.1, 0.15) is 39.3 Å². The van der Waals surface area contributed by atoms with Crippen LogP contribution in [-0.2, 0) is 9.53 Å². The van der Waals surface area contributed by atoms with E-state index in [9.17, 15) is 14.4 Å². The molecule has 1 aliphatic rings. The van der Waals surface area contributed by atoms with Crippen LogP contribution >= 0.6 is 11.6 Å². The molecular weight excluding hydrogens is 408 g/mol. The van der Waals surface area contributed by atoms with Gasteiger partial charge in [-0.3, -0.25) is 9.59 Å². The average Bonchev–Trinajstić information content (AvgIpc) is 3.48. The van der Waals surface area contributed by atoms with Gasteiger partial charge in [0.05, 0.1) is 16.3 Å². The molecule has 8 heteroatoms. The molecule has 1 aliphatic carbocycles. The Morgan fingerprint density at radius 1 is 1.13 bits per heavy atom. The number of carbonyl (C=O) groups excluding carboxylic acids is 3. The first-order valence-corrected chi connectivity index (χ1v) is 9.86. The van der Waals surface area contributed by atoms with Gasteiger partial charge in [-0.25, -0.2) is 4.79 Å². The van der Waals surface area contributed by atoms with Crippen LogP contribution in [0.25, 0.3) is 11.0 Å². The van der Waals surface area contributed by atoms with Crippen LogP contribution in [0.15, 0.2) is 46.9 Å². The number of carbonyl (C=O) groups is 3. The molecule has 1 heterocycles. The van der Waals surface area contributed by atoms with E-state index in [4.69, 9.17) is 20.8 Å². The van der Waals surface area contributed by atoms with Crippen molar-refractivity contribution in [2.45, 2.75) is 25.8 Å². The van der Waals surface area contributed by atoms with E-state index in [1.54, 1.807) is 49.4 Å². The maximum absolute atomic E-state index is 12.4. The van der Waals surface area contributed by atoms with Crippen LogP contribution in [0.4, 0.5) is 5.69 Å². The highest BCUT2D eigenvalue weighted by molar-refractivity contribution is 6.35. The van der Waals surface area contributed by atoms with Crippen molar-refractivity contribution in [3.05, 3.63) is 64.4 Å². The highest BCUT2D eigenvalue weighted by Crippen LogP contribution is 2.31. The van der Waals surface area contributed by atoms with Gasteiger partial charge in [-0.05, 0) is 38.0 Å². The third-order valence-corrected chi connectivity index (χ3v) is 5.09. The van der Waals surface area contributed by atoms with Crippen molar-refractivity contribution in [3.8, 4) is 0 Å². The Balaban J connectivity index is 1.41. The Kier molecular flexibility index (Phi) is 5.46. The van der Waals surface area contributed by atoms with E-state index in [0.29, 0.717) is 32.8 Å². The summed E-state index contributed by atoms with van der Waals surface area (Å²) in [5, 5.41) is 6.58. The van der Waals surface area contributed by atoms with E-state index in [0.717, 1.165) is 12.8 Å². The molecule has 0 aliphatic heterocycles. The number of amides is 2. The van der Waals surface area contributed by atoms with Crippen LogP contribution in [-0.4, -0.2) is 30.4 Å². The van der Waals surface area contributed by atoms with Crippen molar-refractivity contribution >= 4 is 46.0 Å². The molecule has 3 aromatic rings. The van der Waals surface area contributed by atoms with E-state index >= 15 is 0 Å². The number of hydrogen-bond acceptors (Lipinski definition) is 5. The number of anilines is 1. The lowest BCUT2D eigenvalue weighted by molar-refractivity contribution is -0.119. The van der Waals surface area contributed by atoms with Crippen molar-refractivity contribution < 1.29 is 23.5 Å². The van der Waals surface area contributed by atoms with Crippen LogP contribution in [0.3, 0.4) is 0 Å². The summed E-state index contributed by atoms with van der Waals surface area (Å²) in [4.78, 5) is 37.0. The number of nitrogens with one attached hydrogen (secondary N) is 2. The number of aryl methyl sites for hydroxylation is 1. The van der Waals surface area contributed by atoms with Gasteiger partial charge in [0.2, 0.25) is 5.76 Å². The smallest absolute Gasteiger partial charge is 0.375 e. The largest absolute Gasteiger partial charge is 0.450 e. The number of hydrogen-bond donors (Lipinski definition) is 2. The fourth-order valence-electron chi connectivity index (χ4n) is 3.07. The van der Waals surface area contributed by atoms with Gasteiger partial charge in [-0.2, -0.15) is 0 Å². The lowest BCUT2D eigenvalue weighted by Gasteiger charge is -2.11. The van der Waals surface area contributed by atoms with E-state index in [1.807, 2.05) is 0 Å². The highest BCUT2D eigenvalue weighted by atomic mass is 35.5. The summed E-state index contributed by atoms with van der Waals surface area (Å²) in [6.07, 6.45) is 1.92. The normalized spacial score (nSPS) is 13.1. The standard InChI is InChI=1S/C22H19ClN2O5/c1-12-14-6-4-7-16(23)20(14)30-19(12)22(28)29-11-18(26)25-17-8-3-2-5-15(17)21(27)24-13-9-10-13/h2-8,13H,9-11H2,1H3,(H,24,27)(H,25,26). The lowest BCUT2D eigenvalue weighted by atomic mass is 10.1. The number of para-hydroxylation sites is 2. The van der Waals surface area contributed by atoms with Crippen molar-refractivity contribution in [1.82, 2.24) is 5.32 Å². The minimum absolute atomic E-state index is 0.00453. The van der Waals surface area contributed by atoms with Gasteiger partial charge in [0.1, 0.15) is 0 Å². The number of furan rings is 1. The van der Waals surface area contributed by atoms with Gasteiger partial charge in [-0.15, -0.1) is 0 Å². The molecule has 7 nitrogen and oxygen atoms in total. The van der Waals surface area contributed by atoms with Crippen molar-refractivity contribution in [3.63, 3.8) is 0 Å². The molecule has 0 bridgehead atoms. The summed E-state index contributed by atoms with van der Waals surface area (Å²) in [6.45, 7) is 1.19. The molecule has 30 heavy (non-hydrogen) atoms. The van der Waals surface area contributed by atoms with E-state index in [-0.39, 0.29) is 17.7 Å². The summed E-state index contributed by atoms with van der Waals surface area (Å²) in [7, 11) is 0. The van der Waals surface area contributed by atoms with Crippen LogP contribution in [0.5, 0.6) is 0 Å². The summed E-state index contributed by atoms with van der Waals surface area (Å²) >= 11 is 6.10. The SMILES string of the molecule is Cc1c(C(=O)OCC(=O)Nc2ccccc2C(=O)NC2CC2)oc2c(Cl)cccc12. The van der Waals surface area contributed by atoms with Crippen LogP contribution in [0, 0.1) is 6.92 Å². The van der Waals surface area contributed by atoms with E-state index in [1.165, 1.54) is 0 Å². The molecule has 154 valence electrons. The van der Waals surface area contributed by atoms with Crippen molar-refractivity contribution in [1.29, 1.82) is 0 Å². The Hall–Kier alpha value is -3.32. The fourth-order valence-corrected chi connectivity index (χ4v) is 3.28. The predicted octanol–water partition coefficient (Wildman–Crippen LogP) is 4.08. The number of benzene rings is 2. The third kappa shape index (κ3) is 4.16. The second-order valence-electron chi connectivity index (χ2n) is 7.09. The second-order valence-corrected chi connectivity index (χ2v) is 7.50. The van der Waals surface area contributed by atoms with E-state index < -0.39 is 18.5 Å². The fraction of sp³-hybridized carbons (Fsp3) is 0.227. The zero-order valence-electron chi connectivity index (χ0n) is 16.2. The summed E-state index contributed by atoms with van der Waals surface area (Å²) in [5.41, 5.74) is 1.68. The third-order valence-electron chi connectivity index (χ3n) is 4.79. The van der Waals surface area contributed by atoms with Gasteiger partial charge in [-0.1, -0.05) is 35.9 Å². The molecule has 0 radical (unpaired) electrons. The Morgan fingerprint density at radius 3 is 2.63 bits per heavy atom. The number of rotatable bonds is 6. The number of fused-ring (bicyclic) bond motifs is 1. The molecule has 0 saturated heterocycles. The Labute approximate surface area is 177 Å². The van der Waals surface area contributed by atoms with E-state index in [2.05, 4.69) is 10.6 Å². The number of esters is 1. The minimum Gasteiger partial charge on any atom is -0.450 e. The average molecular weight is 427 g/mol. The maximum atomic E-state index is 12.4. The molecule has 0 spiro atoms. The summed E-state index contributed by atoms with van der Waals surface area (Å²) < 4.78 is 10.6. The van der Waals surface area contributed by atoms with Crippen molar-refractivity contribution in [2.75, 3.05) is 11.9 Å². The van der Waals surface area contributed by atoms with Crippen LogP contribution < -0.4 is 10.6 Å². The summed E-state index contributed by atoms with van der Waals surface area (Å²) in [6, 6.07) is 12.1. The molecule has 0 unspecified atom stereocenters. The Bertz CT molecular complexity index is 1150. The van der Waals surface area contributed by atoms with Gasteiger partial charge in [0, 0.05) is 17.0 Å². The first-order valence-electron chi connectivity index (χ1n) is 9.48. The number of ether oxygens (including phenoxy) is 1. The lowest BCUT2D eigenvalue weighted by Crippen LogP contribution is -2.28. The first kappa shape index (κ1) is 20.0. The van der Waals surface area contributed by atoms with Crippen molar-refractivity contribution in [2.24, 2.45) is 0 Å². The zero-order chi connectivity index (χ0) is 21.3.